The third kappa shape index (κ3) is 3.03. The molecule has 0 spiro atoms. The van der Waals surface area contributed by atoms with Crippen molar-refractivity contribution in [2.45, 2.75) is 13.8 Å². The maximum absolute atomic E-state index is 6.48. The van der Waals surface area contributed by atoms with Gasteiger partial charge in [0.2, 0.25) is 0 Å². The molecule has 0 N–H and O–H groups in total. The van der Waals surface area contributed by atoms with Gasteiger partial charge in [-0.1, -0.05) is 86.6 Å². The summed E-state index contributed by atoms with van der Waals surface area (Å²) in [4.78, 5) is 0. The molecular weight excluding hydrogens is 463 g/mol. The molecule has 0 bridgehead atoms. The average molecular weight is 487 g/mol. The molecule has 5 aromatic carbocycles. The second kappa shape index (κ2) is 8.26. The summed E-state index contributed by atoms with van der Waals surface area (Å²) >= 11 is 0. The minimum atomic E-state index is -0.757. The van der Waals surface area contributed by atoms with Crippen molar-refractivity contribution in [1.82, 2.24) is 0 Å². The number of ether oxygens (including phenoxy) is 2. The van der Waals surface area contributed by atoms with Crippen LogP contribution in [0.3, 0.4) is 0 Å². The summed E-state index contributed by atoms with van der Waals surface area (Å²) in [6.07, 6.45) is 0. The van der Waals surface area contributed by atoms with E-state index in [1.165, 1.54) is 10.6 Å². The minimum Gasteiger partial charge on any atom is -0.456 e. The van der Waals surface area contributed by atoms with E-state index in [2.05, 4.69) is 72.8 Å². The molecular formula is C32H23O3P. The van der Waals surface area contributed by atoms with Gasteiger partial charge in [-0.05, 0) is 35.9 Å². The lowest BCUT2D eigenvalue weighted by molar-refractivity contribution is 0.467. The molecule has 0 aliphatic carbocycles. The Morgan fingerprint density at radius 3 is 1.83 bits per heavy atom. The highest BCUT2D eigenvalue weighted by atomic mass is 31.1. The number of fused-ring (bicyclic) bond motifs is 7. The summed E-state index contributed by atoms with van der Waals surface area (Å²) in [7, 11) is -0.757. The van der Waals surface area contributed by atoms with Crippen LogP contribution in [0, 0.1) is 0 Å². The molecule has 36 heavy (non-hydrogen) atoms. The van der Waals surface area contributed by atoms with Gasteiger partial charge in [-0.15, -0.1) is 0 Å². The van der Waals surface area contributed by atoms with Crippen molar-refractivity contribution in [2.75, 3.05) is 0 Å². The maximum Gasteiger partial charge on any atom is 0.143 e. The van der Waals surface area contributed by atoms with Crippen LogP contribution in [-0.2, 0) is 0 Å². The largest absolute Gasteiger partial charge is 0.456 e. The lowest BCUT2D eigenvalue weighted by atomic mass is 10.0. The quantitative estimate of drug-likeness (QED) is 0.219. The Morgan fingerprint density at radius 1 is 0.556 bits per heavy atom. The molecule has 0 amide bonds. The summed E-state index contributed by atoms with van der Waals surface area (Å²) in [6.45, 7) is 4.00. The van der Waals surface area contributed by atoms with Gasteiger partial charge in [-0.25, -0.2) is 0 Å². The highest BCUT2D eigenvalue weighted by Gasteiger charge is 2.37. The summed E-state index contributed by atoms with van der Waals surface area (Å²) in [5, 5.41) is 5.84. The minimum absolute atomic E-state index is 0.757. The molecule has 2 aliphatic heterocycles. The molecule has 6 aromatic rings. The number of hydrogen-bond acceptors (Lipinski definition) is 3. The zero-order valence-electron chi connectivity index (χ0n) is 20.0. The van der Waals surface area contributed by atoms with E-state index in [0.29, 0.717) is 0 Å². The van der Waals surface area contributed by atoms with Gasteiger partial charge in [-0.3, -0.25) is 0 Å². The summed E-state index contributed by atoms with van der Waals surface area (Å²) in [6, 6.07) is 35.5. The van der Waals surface area contributed by atoms with E-state index < -0.39 is 7.92 Å². The lowest BCUT2D eigenvalue weighted by Gasteiger charge is -2.34. The van der Waals surface area contributed by atoms with Gasteiger partial charge < -0.3 is 13.9 Å². The van der Waals surface area contributed by atoms with E-state index in [9.17, 15) is 0 Å². The van der Waals surface area contributed by atoms with Crippen LogP contribution in [0.25, 0.3) is 33.1 Å². The molecule has 0 saturated heterocycles. The first-order chi connectivity index (χ1) is 17.8. The lowest BCUT2D eigenvalue weighted by Crippen LogP contribution is -2.31. The first kappa shape index (κ1) is 21.2. The maximum atomic E-state index is 6.48. The first-order valence-corrected chi connectivity index (χ1v) is 13.6. The fraction of sp³-hybridized carbons (Fsp3) is 0.0625. The van der Waals surface area contributed by atoms with Crippen molar-refractivity contribution in [3.8, 4) is 34.1 Å². The number of rotatable bonds is 1. The van der Waals surface area contributed by atoms with Gasteiger partial charge in [0.15, 0.2) is 0 Å². The third-order valence-corrected chi connectivity index (χ3v) is 9.22. The van der Waals surface area contributed by atoms with Crippen molar-refractivity contribution in [2.24, 2.45) is 0 Å². The summed E-state index contributed by atoms with van der Waals surface area (Å²) in [5.74, 6) is 3.56. The van der Waals surface area contributed by atoms with Gasteiger partial charge in [0.25, 0.3) is 0 Å². The Labute approximate surface area is 210 Å². The molecule has 8 rings (SSSR count). The number of hydrogen-bond donors (Lipinski definition) is 0. The number of benzene rings is 5. The molecule has 0 unspecified atom stereocenters. The van der Waals surface area contributed by atoms with Gasteiger partial charge in [0, 0.05) is 34.9 Å². The first-order valence-electron chi connectivity index (χ1n) is 12.3. The summed E-state index contributed by atoms with van der Waals surface area (Å²) < 4.78 is 19.3. The van der Waals surface area contributed by atoms with Crippen LogP contribution in [0.2, 0.25) is 0 Å². The molecule has 174 valence electrons. The van der Waals surface area contributed by atoms with Crippen LogP contribution in [-0.4, -0.2) is 0 Å². The molecule has 0 saturated carbocycles. The van der Waals surface area contributed by atoms with Crippen LogP contribution in [0.4, 0.5) is 0 Å². The van der Waals surface area contributed by atoms with E-state index in [-0.39, 0.29) is 0 Å². The van der Waals surface area contributed by atoms with Gasteiger partial charge in [0.05, 0.1) is 5.30 Å². The van der Waals surface area contributed by atoms with Gasteiger partial charge in [0.1, 0.15) is 34.2 Å². The van der Waals surface area contributed by atoms with Crippen molar-refractivity contribution in [3.63, 3.8) is 0 Å². The number of furan rings is 1. The zero-order chi connectivity index (χ0) is 24.2. The van der Waals surface area contributed by atoms with Crippen molar-refractivity contribution < 1.29 is 13.9 Å². The van der Waals surface area contributed by atoms with Crippen LogP contribution in [0.1, 0.15) is 13.8 Å². The topological polar surface area (TPSA) is 31.6 Å². The molecule has 0 atom stereocenters. The van der Waals surface area contributed by atoms with Crippen molar-refractivity contribution >= 4 is 45.8 Å². The van der Waals surface area contributed by atoms with Crippen LogP contribution < -0.4 is 25.4 Å². The Bertz CT molecular complexity index is 1710. The Kier molecular flexibility index (Phi) is 4.87. The SMILES string of the molecule is CC.c1ccc2c(c1)Oc1cc(-c3cccc4c3oc3ccccc34)cc3c1P2c1ccccc1O3. The Morgan fingerprint density at radius 2 is 1.14 bits per heavy atom. The van der Waals surface area contributed by atoms with Crippen LogP contribution in [0.15, 0.2) is 108 Å². The van der Waals surface area contributed by atoms with Gasteiger partial charge in [-0.2, -0.15) is 0 Å². The predicted molar refractivity (Wildman–Crippen MR) is 149 cm³/mol. The third-order valence-electron chi connectivity index (χ3n) is 6.63. The Hall–Kier alpha value is -4.07. The molecule has 3 heterocycles. The highest BCUT2D eigenvalue weighted by molar-refractivity contribution is 7.80. The molecule has 4 heteroatoms. The standard InChI is InChI=1S/C30H17O3P.C2H6/c1-2-11-22-20(8-1)21-10-7-9-19(29(21)33-22)18-16-25-30-26(17-18)32-24-13-4-6-15-28(24)34(30)27-14-5-3-12-23(27)31-25;1-2/h1-17H;1-2H3. The second-order valence-electron chi connectivity index (χ2n) is 8.58. The molecule has 3 nitrogen and oxygen atoms in total. The van der Waals surface area contributed by atoms with E-state index in [4.69, 9.17) is 13.9 Å². The van der Waals surface area contributed by atoms with E-state index in [1.807, 2.05) is 44.2 Å². The van der Waals surface area contributed by atoms with Crippen molar-refractivity contribution in [1.29, 1.82) is 0 Å². The molecule has 0 fully saturated rings. The van der Waals surface area contributed by atoms with Crippen molar-refractivity contribution in [3.05, 3.63) is 103 Å². The molecule has 0 radical (unpaired) electrons. The van der Waals surface area contributed by atoms with E-state index in [1.54, 1.807) is 0 Å². The fourth-order valence-corrected chi connectivity index (χ4v) is 7.71. The van der Waals surface area contributed by atoms with Crippen LogP contribution >= 0.6 is 7.92 Å². The fourth-order valence-electron chi connectivity index (χ4n) is 5.15. The Balaban J connectivity index is 0.00000108. The molecule has 2 aliphatic rings. The monoisotopic (exact) mass is 486 g/mol. The average Bonchev–Trinajstić information content (AvgIpc) is 3.32. The van der Waals surface area contributed by atoms with Gasteiger partial charge >= 0.3 is 0 Å². The zero-order valence-corrected chi connectivity index (χ0v) is 20.9. The normalized spacial score (nSPS) is 13.1. The van der Waals surface area contributed by atoms with Crippen LogP contribution in [0.5, 0.6) is 23.0 Å². The van der Waals surface area contributed by atoms with E-state index >= 15 is 0 Å². The van der Waals surface area contributed by atoms with E-state index in [0.717, 1.165) is 61.4 Å². The second-order valence-corrected chi connectivity index (χ2v) is 10.7. The number of para-hydroxylation sites is 4. The predicted octanol–water partition coefficient (Wildman–Crippen LogP) is 8.25. The highest BCUT2D eigenvalue weighted by Crippen LogP contribution is 2.53. The smallest absolute Gasteiger partial charge is 0.143 e. The summed E-state index contributed by atoms with van der Waals surface area (Å²) in [5.41, 5.74) is 3.82. The molecule has 1 aromatic heterocycles.